The Labute approximate surface area is 113 Å². The smallest absolute Gasteiger partial charge is 0.124 e. The van der Waals surface area contributed by atoms with E-state index >= 15 is 0 Å². The zero-order valence-corrected chi connectivity index (χ0v) is 11.6. The van der Waals surface area contributed by atoms with Crippen LogP contribution in [0, 0.1) is 0 Å². The fraction of sp³-hybridized carbons (Fsp3) is 0.429. The SMILES string of the molecule is CCOc1ccccc1Cn1cc(C(C)(C)N)nn1. The number of nitrogens with zero attached hydrogens (tertiary/aromatic N) is 3. The highest BCUT2D eigenvalue weighted by atomic mass is 16.5. The van der Waals surface area contributed by atoms with Crippen LogP contribution in [0.15, 0.2) is 30.5 Å². The van der Waals surface area contributed by atoms with Crippen LogP contribution < -0.4 is 10.5 Å². The molecule has 0 atom stereocenters. The van der Waals surface area contributed by atoms with Crippen LogP contribution in [-0.2, 0) is 12.1 Å². The molecule has 0 spiro atoms. The average molecular weight is 260 g/mol. The van der Waals surface area contributed by atoms with Gasteiger partial charge in [-0.2, -0.15) is 0 Å². The second-order valence-corrected chi connectivity index (χ2v) is 5.06. The predicted molar refractivity (Wildman–Crippen MR) is 73.9 cm³/mol. The monoisotopic (exact) mass is 260 g/mol. The Hall–Kier alpha value is -1.88. The van der Waals surface area contributed by atoms with E-state index in [2.05, 4.69) is 10.3 Å². The Balaban J connectivity index is 2.19. The summed E-state index contributed by atoms with van der Waals surface area (Å²) in [6.07, 6.45) is 1.88. The minimum Gasteiger partial charge on any atom is -0.494 e. The molecule has 0 aliphatic heterocycles. The normalized spacial score (nSPS) is 11.6. The fourth-order valence-corrected chi connectivity index (χ4v) is 1.78. The molecule has 0 aliphatic rings. The number of hydrogen-bond acceptors (Lipinski definition) is 4. The molecule has 0 unspecified atom stereocenters. The van der Waals surface area contributed by atoms with Crippen molar-refractivity contribution in [2.45, 2.75) is 32.9 Å². The second-order valence-electron chi connectivity index (χ2n) is 5.06. The molecule has 5 heteroatoms. The van der Waals surface area contributed by atoms with Crippen molar-refractivity contribution in [1.82, 2.24) is 15.0 Å². The van der Waals surface area contributed by atoms with E-state index in [-0.39, 0.29) is 0 Å². The van der Waals surface area contributed by atoms with Crippen LogP contribution in [-0.4, -0.2) is 21.6 Å². The summed E-state index contributed by atoms with van der Waals surface area (Å²) in [5.41, 5.74) is 7.38. The van der Waals surface area contributed by atoms with Gasteiger partial charge < -0.3 is 10.5 Å². The Morgan fingerprint density at radius 3 is 2.68 bits per heavy atom. The number of para-hydroxylation sites is 1. The topological polar surface area (TPSA) is 66.0 Å². The molecular weight excluding hydrogens is 240 g/mol. The summed E-state index contributed by atoms with van der Waals surface area (Å²) >= 11 is 0. The molecule has 102 valence electrons. The summed E-state index contributed by atoms with van der Waals surface area (Å²) in [5, 5.41) is 8.22. The zero-order valence-electron chi connectivity index (χ0n) is 11.6. The summed E-state index contributed by atoms with van der Waals surface area (Å²) in [4.78, 5) is 0. The number of hydrogen-bond donors (Lipinski definition) is 1. The van der Waals surface area contributed by atoms with Gasteiger partial charge in [-0.1, -0.05) is 23.4 Å². The molecule has 2 rings (SSSR count). The fourth-order valence-electron chi connectivity index (χ4n) is 1.78. The summed E-state index contributed by atoms with van der Waals surface area (Å²) in [5.74, 6) is 0.883. The van der Waals surface area contributed by atoms with Gasteiger partial charge in [0.05, 0.1) is 24.9 Å². The van der Waals surface area contributed by atoms with Crippen molar-refractivity contribution in [1.29, 1.82) is 0 Å². The average Bonchev–Trinajstić information content (AvgIpc) is 2.80. The Morgan fingerprint density at radius 2 is 2.05 bits per heavy atom. The van der Waals surface area contributed by atoms with Crippen LogP contribution in [0.3, 0.4) is 0 Å². The van der Waals surface area contributed by atoms with Crippen LogP contribution in [0.1, 0.15) is 32.0 Å². The van der Waals surface area contributed by atoms with Crippen LogP contribution in [0.4, 0.5) is 0 Å². The second kappa shape index (κ2) is 5.40. The zero-order chi connectivity index (χ0) is 13.9. The molecule has 0 fully saturated rings. The van der Waals surface area contributed by atoms with Crippen LogP contribution >= 0.6 is 0 Å². The van der Waals surface area contributed by atoms with Gasteiger partial charge in [-0.15, -0.1) is 5.10 Å². The van der Waals surface area contributed by atoms with Gasteiger partial charge in [0.2, 0.25) is 0 Å². The molecule has 1 aromatic carbocycles. The van der Waals surface area contributed by atoms with E-state index in [0.717, 1.165) is 17.0 Å². The highest BCUT2D eigenvalue weighted by Gasteiger charge is 2.18. The van der Waals surface area contributed by atoms with Crippen molar-refractivity contribution in [2.24, 2.45) is 5.73 Å². The van der Waals surface area contributed by atoms with E-state index in [4.69, 9.17) is 10.5 Å². The first-order chi connectivity index (χ1) is 9.00. The van der Waals surface area contributed by atoms with Gasteiger partial charge in [-0.25, -0.2) is 4.68 Å². The minimum atomic E-state index is -0.475. The maximum atomic E-state index is 6.00. The number of nitrogens with two attached hydrogens (primary N) is 1. The molecule has 1 aromatic heterocycles. The third kappa shape index (κ3) is 3.32. The summed E-state index contributed by atoms with van der Waals surface area (Å²) in [7, 11) is 0. The summed E-state index contributed by atoms with van der Waals surface area (Å²) in [6, 6.07) is 7.94. The van der Waals surface area contributed by atoms with Crippen molar-refractivity contribution < 1.29 is 4.74 Å². The third-order valence-electron chi connectivity index (χ3n) is 2.80. The van der Waals surface area contributed by atoms with Gasteiger partial charge in [-0.05, 0) is 26.8 Å². The van der Waals surface area contributed by atoms with E-state index in [9.17, 15) is 0 Å². The first kappa shape index (κ1) is 13.5. The van der Waals surface area contributed by atoms with Crippen LogP contribution in [0.5, 0.6) is 5.75 Å². The van der Waals surface area contributed by atoms with Crippen molar-refractivity contribution in [3.05, 3.63) is 41.7 Å². The Kier molecular flexibility index (Phi) is 3.85. The molecule has 5 nitrogen and oxygen atoms in total. The lowest BCUT2D eigenvalue weighted by molar-refractivity contribution is 0.335. The van der Waals surface area contributed by atoms with Crippen LogP contribution in [0.25, 0.3) is 0 Å². The van der Waals surface area contributed by atoms with Gasteiger partial charge in [0, 0.05) is 5.56 Å². The molecule has 0 amide bonds. The first-order valence-corrected chi connectivity index (χ1v) is 6.41. The standard InChI is InChI=1S/C14H20N4O/c1-4-19-12-8-6-5-7-11(12)9-18-10-13(16-17-18)14(2,3)15/h5-8,10H,4,9,15H2,1-3H3. The van der Waals surface area contributed by atoms with E-state index in [0.29, 0.717) is 13.2 Å². The molecule has 2 N–H and O–H groups in total. The van der Waals surface area contributed by atoms with Gasteiger partial charge in [0.1, 0.15) is 11.4 Å². The Morgan fingerprint density at radius 1 is 1.32 bits per heavy atom. The first-order valence-electron chi connectivity index (χ1n) is 6.41. The van der Waals surface area contributed by atoms with E-state index in [1.54, 1.807) is 4.68 Å². The highest BCUT2D eigenvalue weighted by molar-refractivity contribution is 5.33. The molecule has 0 aliphatic carbocycles. The maximum Gasteiger partial charge on any atom is 0.124 e. The van der Waals surface area contributed by atoms with Crippen molar-refractivity contribution >= 4 is 0 Å². The molecule has 1 heterocycles. The largest absolute Gasteiger partial charge is 0.494 e. The minimum absolute atomic E-state index is 0.475. The quantitative estimate of drug-likeness (QED) is 0.892. The number of rotatable bonds is 5. The number of benzene rings is 1. The van der Waals surface area contributed by atoms with Gasteiger partial charge in [0.25, 0.3) is 0 Å². The Bertz CT molecular complexity index is 542. The third-order valence-corrected chi connectivity index (χ3v) is 2.80. The van der Waals surface area contributed by atoms with E-state index < -0.39 is 5.54 Å². The lowest BCUT2D eigenvalue weighted by atomic mass is 10.0. The van der Waals surface area contributed by atoms with Gasteiger partial charge in [-0.3, -0.25) is 0 Å². The maximum absolute atomic E-state index is 6.00. The highest BCUT2D eigenvalue weighted by Crippen LogP contribution is 2.19. The molecular formula is C14H20N4O. The van der Waals surface area contributed by atoms with Crippen molar-refractivity contribution in [2.75, 3.05) is 6.61 Å². The van der Waals surface area contributed by atoms with E-state index in [1.807, 2.05) is 51.2 Å². The predicted octanol–water partition coefficient (Wildman–Crippen LogP) is 1.92. The molecule has 0 saturated carbocycles. The van der Waals surface area contributed by atoms with Gasteiger partial charge >= 0.3 is 0 Å². The molecule has 19 heavy (non-hydrogen) atoms. The molecule has 0 bridgehead atoms. The lowest BCUT2D eigenvalue weighted by Gasteiger charge is -2.13. The van der Waals surface area contributed by atoms with Gasteiger partial charge in [0.15, 0.2) is 0 Å². The number of aromatic nitrogens is 3. The van der Waals surface area contributed by atoms with Crippen molar-refractivity contribution in [3.63, 3.8) is 0 Å². The van der Waals surface area contributed by atoms with Crippen molar-refractivity contribution in [3.8, 4) is 5.75 Å². The molecule has 2 aromatic rings. The molecule has 0 saturated heterocycles. The molecule has 0 radical (unpaired) electrons. The van der Waals surface area contributed by atoms with E-state index in [1.165, 1.54) is 0 Å². The summed E-state index contributed by atoms with van der Waals surface area (Å²) in [6.45, 7) is 7.07. The number of ether oxygens (including phenoxy) is 1. The summed E-state index contributed by atoms with van der Waals surface area (Å²) < 4.78 is 7.38. The lowest BCUT2D eigenvalue weighted by Crippen LogP contribution is -2.29. The van der Waals surface area contributed by atoms with Crippen LogP contribution in [0.2, 0.25) is 0 Å².